The third-order valence-corrected chi connectivity index (χ3v) is 4.47. The van der Waals surface area contributed by atoms with Crippen molar-refractivity contribution in [2.24, 2.45) is 0 Å². The van der Waals surface area contributed by atoms with E-state index >= 15 is 0 Å². The molecule has 4 aromatic rings. The Bertz CT molecular complexity index is 1170. The number of nitrogens with two attached hydrogens (primary N) is 1. The molecule has 0 saturated heterocycles. The summed E-state index contributed by atoms with van der Waals surface area (Å²) in [7, 11) is 1.98. The minimum absolute atomic E-state index is 0.269. The molecule has 3 aromatic heterocycles. The third-order valence-electron chi connectivity index (χ3n) is 4.47. The fourth-order valence-corrected chi connectivity index (χ4v) is 3.14. The second-order valence-corrected chi connectivity index (χ2v) is 6.15. The van der Waals surface area contributed by atoms with E-state index in [1.807, 2.05) is 20.9 Å². The van der Waals surface area contributed by atoms with E-state index in [-0.39, 0.29) is 5.69 Å². The van der Waals surface area contributed by atoms with Crippen LogP contribution in [0.1, 0.15) is 13.8 Å². The Labute approximate surface area is 160 Å². The number of ether oxygens (including phenoxy) is 1. The number of nitrogens with zero attached hydrogens (tertiary/aromatic N) is 6. The topological polar surface area (TPSA) is 94.5 Å². The zero-order valence-electron chi connectivity index (χ0n) is 15.8. The Kier molecular flexibility index (Phi) is 4.42. The fourth-order valence-electron chi connectivity index (χ4n) is 3.14. The number of aromatic nitrogens is 5. The van der Waals surface area contributed by atoms with Crippen LogP contribution in [0.25, 0.3) is 28.1 Å². The number of likely N-dealkylation sites (N-methyl/N-ethyl adjacent to an activating group) is 1. The molecule has 0 unspecified atom stereocenters. The number of benzene rings is 1. The summed E-state index contributed by atoms with van der Waals surface area (Å²) in [5, 5.41) is 13.5. The van der Waals surface area contributed by atoms with Crippen molar-refractivity contribution in [1.82, 2.24) is 24.8 Å². The van der Waals surface area contributed by atoms with Gasteiger partial charge in [-0.25, -0.2) is 9.37 Å². The predicted molar refractivity (Wildman–Crippen MR) is 106 cm³/mol. The molecular weight excluding hydrogens is 361 g/mol. The molecule has 1 aliphatic rings. The minimum Gasteiger partial charge on any atom is -0.486 e. The first kappa shape index (κ1) is 17.9. The Morgan fingerprint density at radius 1 is 1.18 bits per heavy atom. The Hall–Kier alpha value is -3.49. The van der Waals surface area contributed by atoms with E-state index in [1.54, 1.807) is 22.8 Å². The highest BCUT2D eigenvalue weighted by Gasteiger charge is 2.23. The van der Waals surface area contributed by atoms with E-state index in [2.05, 4.69) is 25.2 Å². The van der Waals surface area contributed by atoms with Crippen LogP contribution in [0, 0.1) is 5.82 Å². The van der Waals surface area contributed by atoms with Crippen LogP contribution in [0.4, 0.5) is 15.8 Å². The van der Waals surface area contributed by atoms with Gasteiger partial charge < -0.3 is 15.4 Å². The van der Waals surface area contributed by atoms with Gasteiger partial charge in [-0.1, -0.05) is 19.9 Å². The summed E-state index contributed by atoms with van der Waals surface area (Å²) in [6, 6.07) is 6.13. The molecule has 0 saturated carbocycles. The second-order valence-electron chi connectivity index (χ2n) is 6.15. The molecule has 144 valence electrons. The molecule has 0 spiro atoms. The number of hydrogen-bond acceptors (Lipinski definition) is 7. The molecule has 1 aromatic carbocycles. The van der Waals surface area contributed by atoms with Gasteiger partial charge in [-0.3, -0.25) is 0 Å². The van der Waals surface area contributed by atoms with Crippen LogP contribution >= 0.6 is 0 Å². The molecule has 9 heteroatoms. The first-order chi connectivity index (χ1) is 13.6. The normalized spacial score (nSPS) is 13.1. The van der Waals surface area contributed by atoms with Crippen molar-refractivity contribution in [3.63, 3.8) is 0 Å². The maximum Gasteiger partial charge on any atom is 0.222 e. The van der Waals surface area contributed by atoms with Crippen molar-refractivity contribution in [2.75, 3.05) is 30.8 Å². The number of pyridine rings is 1. The van der Waals surface area contributed by atoms with Gasteiger partial charge in [0, 0.05) is 12.4 Å². The lowest BCUT2D eigenvalue weighted by Gasteiger charge is -2.26. The van der Waals surface area contributed by atoms with E-state index in [1.165, 1.54) is 12.1 Å². The van der Waals surface area contributed by atoms with Gasteiger partial charge in [-0.15, -0.1) is 10.2 Å². The Balaban J connectivity index is 0.000000932. The molecule has 8 nitrogen and oxygen atoms in total. The van der Waals surface area contributed by atoms with Crippen LogP contribution in [-0.2, 0) is 0 Å². The molecule has 28 heavy (non-hydrogen) atoms. The van der Waals surface area contributed by atoms with Crippen molar-refractivity contribution < 1.29 is 9.13 Å². The average Bonchev–Trinajstić information content (AvgIpc) is 3.14. The van der Waals surface area contributed by atoms with Gasteiger partial charge in [0.25, 0.3) is 0 Å². The zero-order valence-corrected chi connectivity index (χ0v) is 15.8. The molecule has 0 atom stereocenters. The van der Waals surface area contributed by atoms with Crippen molar-refractivity contribution in [2.45, 2.75) is 13.8 Å². The summed E-state index contributed by atoms with van der Waals surface area (Å²) in [6.45, 7) is 5.36. The quantitative estimate of drug-likeness (QED) is 0.507. The molecule has 2 N–H and O–H groups in total. The summed E-state index contributed by atoms with van der Waals surface area (Å²) in [5.74, 6) is 0.715. The van der Waals surface area contributed by atoms with E-state index in [0.29, 0.717) is 40.4 Å². The lowest BCUT2D eigenvalue weighted by atomic mass is 10.1. The molecule has 1 aliphatic heterocycles. The molecule has 0 amide bonds. The molecular formula is C19H20FN7O. The highest BCUT2D eigenvalue weighted by atomic mass is 19.1. The molecule has 0 radical (unpaired) electrons. The summed E-state index contributed by atoms with van der Waals surface area (Å²) >= 11 is 0. The number of rotatable bonds is 1. The Morgan fingerprint density at radius 3 is 2.82 bits per heavy atom. The first-order valence-corrected chi connectivity index (χ1v) is 9.06. The lowest BCUT2D eigenvalue weighted by molar-refractivity contribution is 0.312. The summed E-state index contributed by atoms with van der Waals surface area (Å²) in [6.07, 6.45) is 1.72. The highest BCUT2D eigenvalue weighted by Crippen LogP contribution is 2.34. The van der Waals surface area contributed by atoms with Gasteiger partial charge in [-0.05, 0) is 18.2 Å². The molecule has 5 rings (SSSR count). The molecule has 0 bridgehead atoms. The van der Waals surface area contributed by atoms with E-state index in [0.717, 1.165) is 12.2 Å². The number of fused-ring (bicyclic) bond motifs is 4. The SMILES string of the molecule is CC.CN1CCOc2c1cnn1c(-c3ccc4cc(F)cc(N)c4n3)nnc21. The van der Waals surface area contributed by atoms with Crippen molar-refractivity contribution >= 4 is 27.9 Å². The second kappa shape index (κ2) is 6.91. The number of anilines is 2. The van der Waals surface area contributed by atoms with Crippen LogP contribution in [0.5, 0.6) is 5.75 Å². The van der Waals surface area contributed by atoms with Crippen molar-refractivity contribution in [3.8, 4) is 17.3 Å². The monoisotopic (exact) mass is 381 g/mol. The van der Waals surface area contributed by atoms with Crippen LogP contribution in [-0.4, -0.2) is 45.0 Å². The van der Waals surface area contributed by atoms with Crippen LogP contribution in [0.3, 0.4) is 0 Å². The van der Waals surface area contributed by atoms with Crippen LogP contribution in [0.2, 0.25) is 0 Å². The van der Waals surface area contributed by atoms with Crippen LogP contribution in [0.15, 0.2) is 30.5 Å². The molecule has 0 aliphatic carbocycles. The lowest BCUT2D eigenvalue weighted by Crippen LogP contribution is -2.29. The number of nitrogen functional groups attached to an aromatic ring is 1. The number of hydrogen-bond donors (Lipinski definition) is 1. The molecule has 0 fully saturated rings. The average molecular weight is 381 g/mol. The van der Waals surface area contributed by atoms with Gasteiger partial charge >= 0.3 is 0 Å². The fraction of sp³-hybridized carbons (Fsp3) is 0.263. The van der Waals surface area contributed by atoms with Gasteiger partial charge in [0.2, 0.25) is 11.5 Å². The first-order valence-electron chi connectivity index (χ1n) is 9.06. The van der Waals surface area contributed by atoms with Crippen molar-refractivity contribution in [3.05, 3.63) is 36.3 Å². The molecule has 4 heterocycles. The largest absolute Gasteiger partial charge is 0.486 e. The van der Waals surface area contributed by atoms with Crippen LogP contribution < -0.4 is 15.4 Å². The highest BCUT2D eigenvalue weighted by molar-refractivity contribution is 5.90. The number of halogens is 1. The van der Waals surface area contributed by atoms with Crippen molar-refractivity contribution in [1.29, 1.82) is 0 Å². The standard InChI is InChI=1S/C17H14FN7O.C2H6/c1-24-4-5-26-15-13(24)8-20-25-16(22-23-17(15)25)12-3-2-9-6-10(18)7-11(19)14(9)21-12;1-2/h2-3,6-8H,4-5,19H2,1H3;1-2H3. The summed E-state index contributed by atoms with van der Waals surface area (Å²) < 4.78 is 20.9. The summed E-state index contributed by atoms with van der Waals surface area (Å²) in [4.78, 5) is 6.59. The van der Waals surface area contributed by atoms with Gasteiger partial charge in [0.05, 0.1) is 23.9 Å². The maximum atomic E-state index is 13.5. The maximum absolute atomic E-state index is 13.5. The predicted octanol–water partition coefficient (Wildman–Crippen LogP) is 2.92. The third kappa shape index (κ3) is 2.75. The Morgan fingerprint density at radius 2 is 2.00 bits per heavy atom. The van der Waals surface area contributed by atoms with Gasteiger partial charge in [0.1, 0.15) is 23.8 Å². The summed E-state index contributed by atoms with van der Waals surface area (Å²) in [5.41, 5.74) is 8.63. The zero-order chi connectivity index (χ0) is 19.8. The van der Waals surface area contributed by atoms with Gasteiger partial charge in [0.15, 0.2) is 5.75 Å². The minimum atomic E-state index is -0.396. The van der Waals surface area contributed by atoms with Gasteiger partial charge in [-0.2, -0.15) is 9.61 Å². The van der Waals surface area contributed by atoms with E-state index in [9.17, 15) is 4.39 Å². The van der Waals surface area contributed by atoms with E-state index < -0.39 is 5.82 Å². The van der Waals surface area contributed by atoms with E-state index in [4.69, 9.17) is 10.5 Å². The smallest absolute Gasteiger partial charge is 0.222 e.